The molecule has 0 aromatic heterocycles. The minimum Gasteiger partial charge on any atom is -0.395 e. The van der Waals surface area contributed by atoms with Crippen LogP contribution in [0.4, 0.5) is 4.39 Å². The van der Waals surface area contributed by atoms with Gasteiger partial charge in [0.05, 0.1) is 11.5 Å². The molecule has 0 unspecified atom stereocenters. The molecular formula is C9H12FNO3S. The van der Waals surface area contributed by atoms with Crippen LogP contribution < -0.4 is 4.72 Å². The summed E-state index contributed by atoms with van der Waals surface area (Å²) in [6, 6.07) is 3.53. The van der Waals surface area contributed by atoms with Crippen LogP contribution in [0.2, 0.25) is 0 Å². The largest absolute Gasteiger partial charge is 0.395 e. The number of hydrogen-bond donors (Lipinski definition) is 2. The highest BCUT2D eigenvalue weighted by Crippen LogP contribution is 2.13. The summed E-state index contributed by atoms with van der Waals surface area (Å²) in [4.78, 5) is -0.00477. The zero-order valence-corrected chi connectivity index (χ0v) is 9.01. The summed E-state index contributed by atoms with van der Waals surface area (Å²) >= 11 is 0. The van der Waals surface area contributed by atoms with E-state index in [1.807, 2.05) is 0 Å². The fourth-order valence-electron chi connectivity index (χ4n) is 1.05. The third kappa shape index (κ3) is 2.98. The number of aliphatic hydroxyl groups excluding tert-OH is 1. The number of aliphatic hydroxyl groups is 1. The van der Waals surface area contributed by atoms with Crippen molar-refractivity contribution in [2.75, 3.05) is 13.2 Å². The summed E-state index contributed by atoms with van der Waals surface area (Å²) in [7, 11) is -3.64. The number of rotatable bonds is 4. The molecule has 0 bridgehead atoms. The van der Waals surface area contributed by atoms with Crippen molar-refractivity contribution in [1.29, 1.82) is 0 Å². The zero-order chi connectivity index (χ0) is 11.5. The minimum absolute atomic E-state index is 0.00477. The van der Waals surface area contributed by atoms with E-state index >= 15 is 0 Å². The van der Waals surface area contributed by atoms with Crippen LogP contribution >= 0.6 is 0 Å². The molecule has 0 atom stereocenters. The van der Waals surface area contributed by atoms with Crippen LogP contribution in [0.1, 0.15) is 5.56 Å². The summed E-state index contributed by atoms with van der Waals surface area (Å²) < 4.78 is 38.1. The molecule has 6 heteroatoms. The SMILES string of the molecule is Cc1cc(S(=O)(=O)NCCO)ccc1F. The third-order valence-electron chi connectivity index (χ3n) is 1.84. The van der Waals surface area contributed by atoms with Crippen molar-refractivity contribution in [2.24, 2.45) is 0 Å². The Hall–Kier alpha value is -0.980. The molecule has 1 aromatic carbocycles. The second-order valence-corrected chi connectivity index (χ2v) is 4.80. The molecule has 1 aromatic rings. The van der Waals surface area contributed by atoms with Crippen LogP contribution in [-0.4, -0.2) is 26.7 Å². The summed E-state index contributed by atoms with van der Waals surface area (Å²) in [5.74, 6) is -0.448. The van der Waals surface area contributed by atoms with E-state index < -0.39 is 15.8 Å². The van der Waals surface area contributed by atoms with Gasteiger partial charge in [-0.05, 0) is 30.7 Å². The molecule has 0 spiro atoms. The molecule has 4 nitrogen and oxygen atoms in total. The van der Waals surface area contributed by atoms with E-state index in [-0.39, 0.29) is 23.6 Å². The first-order chi connectivity index (χ1) is 6.97. The maximum absolute atomic E-state index is 12.9. The number of aryl methyl sites for hydroxylation is 1. The topological polar surface area (TPSA) is 66.4 Å². The minimum atomic E-state index is -3.64. The molecule has 0 aliphatic heterocycles. The van der Waals surface area contributed by atoms with E-state index in [9.17, 15) is 12.8 Å². The molecule has 15 heavy (non-hydrogen) atoms. The molecule has 84 valence electrons. The zero-order valence-electron chi connectivity index (χ0n) is 8.20. The van der Waals surface area contributed by atoms with Gasteiger partial charge < -0.3 is 5.11 Å². The van der Waals surface area contributed by atoms with E-state index in [0.29, 0.717) is 0 Å². The highest BCUT2D eigenvalue weighted by Gasteiger charge is 2.13. The Kier molecular flexibility index (Phi) is 3.78. The molecule has 0 heterocycles. The van der Waals surface area contributed by atoms with Gasteiger partial charge in [0.1, 0.15) is 5.82 Å². The Morgan fingerprint density at radius 2 is 2.13 bits per heavy atom. The monoisotopic (exact) mass is 233 g/mol. The van der Waals surface area contributed by atoms with Gasteiger partial charge in [-0.25, -0.2) is 17.5 Å². The number of halogens is 1. The van der Waals surface area contributed by atoms with E-state index in [2.05, 4.69) is 4.72 Å². The van der Waals surface area contributed by atoms with E-state index in [1.165, 1.54) is 19.1 Å². The molecule has 0 aliphatic rings. The van der Waals surface area contributed by atoms with Crippen LogP contribution in [0.3, 0.4) is 0 Å². The molecule has 0 fully saturated rings. The van der Waals surface area contributed by atoms with E-state index in [4.69, 9.17) is 5.11 Å². The Morgan fingerprint density at radius 3 is 2.67 bits per heavy atom. The predicted octanol–water partition coefficient (Wildman–Crippen LogP) is 0.405. The molecule has 0 saturated heterocycles. The van der Waals surface area contributed by atoms with Crippen LogP contribution in [0.25, 0.3) is 0 Å². The summed E-state index contributed by atoms with van der Waals surface area (Å²) in [6.45, 7) is 1.15. The maximum atomic E-state index is 12.9. The summed E-state index contributed by atoms with van der Waals surface area (Å²) in [5.41, 5.74) is 0.266. The first-order valence-electron chi connectivity index (χ1n) is 4.34. The smallest absolute Gasteiger partial charge is 0.240 e. The lowest BCUT2D eigenvalue weighted by molar-refractivity contribution is 0.301. The van der Waals surface area contributed by atoms with Gasteiger partial charge in [-0.2, -0.15) is 0 Å². The fraction of sp³-hybridized carbons (Fsp3) is 0.333. The van der Waals surface area contributed by atoms with Gasteiger partial charge in [0.25, 0.3) is 0 Å². The van der Waals surface area contributed by atoms with Gasteiger partial charge in [0.15, 0.2) is 0 Å². The van der Waals surface area contributed by atoms with Crippen molar-refractivity contribution in [3.05, 3.63) is 29.6 Å². The number of hydrogen-bond acceptors (Lipinski definition) is 3. The van der Waals surface area contributed by atoms with E-state index in [1.54, 1.807) is 0 Å². The highest BCUT2D eigenvalue weighted by atomic mass is 32.2. The van der Waals surface area contributed by atoms with Crippen molar-refractivity contribution in [2.45, 2.75) is 11.8 Å². The lowest BCUT2D eigenvalue weighted by Gasteiger charge is -2.06. The molecule has 0 aliphatic carbocycles. The van der Waals surface area contributed by atoms with Crippen molar-refractivity contribution in [3.8, 4) is 0 Å². The van der Waals surface area contributed by atoms with Gasteiger partial charge in [-0.3, -0.25) is 0 Å². The van der Waals surface area contributed by atoms with Gasteiger partial charge >= 0.3 is 0 Å². The van der Waals surface area contributed by atoms with Gasteiger partial charge in [0.2, 0.25) is 10.0 Å². The third-order valence-corrected chi connectivity index (χ3v) is 3.30. The quantitative estimate of drug-likeness (QED) is 0.791. The fourth-order valence-corrected chi connectivity index (χ4v) is 2.15. The second kappa shape index (κ2) is 4.69. The molecule has 2 N–H and O–H groups in total. The Balaban J connectivity index is 3.00. The average molecular weight is 233 g/mol. The van der Waals surface area contributed by atoms with Crippen LogP contribution in [-0.2, 0) is 10.0 Å². The standard InChI is InChI=1S/C9H12FNO3S/c1-7-6-8(2-3-9(7)10)15(13,14)11-4-5-12/h2-3,6,11-12H,4-5H2,1H3. The van der Waals surface area contributed by atoms with Crippen molar-refractivity contribution in [3.63, 3.8) is 0 Å². The van der Waals surface area contributed by atoms with Crippen molar-refractivity contribution in [1.82, 2.24) is 4.72 Å². The number of sulfonamides is 1. The van der Waals surface area contributed by atoms with Gasteiger partial charge in [-0.15, -0.1) is 0 Å². The second-order valence-electron chi connectivity index (χ2n) is 3.03. The average Bonchev–Trinajstić information content (AvgIpc) is 2.19. The number of nitrogens with one attached hydrogen (secondary N) is 1. The van der Waals surface area contributed by atoms with Crippen molar-refractivity contribution >= 4 is 10.0 Å². The predicted molar refractivity (Wildman–Crippen MR) is 53.4 cm³/mol. The summed E-state index contributed by atoms with van der Waals surface area (Å²) in [5, 5.41) is 8.49. The van der Waals surface area contributed by atoms with Crippen LogP contribution in [0.15, 0.2) is 23.1 Å². The Bertz CT molecular complexity index is 445. The summed E-state index contributed by atoms with van der Waals surface area (Å²) in [6.07, 6.45) is 0. The maximum Gasteiger partial charge on any atom is 0.240 e. The van der Waals surface area contributed by atoms with Crippen LogP contribution in [0.5, 0.6) is 0 Å². The number of benzene rings is 1. The molecular weight excluding hydrogens is 221 g/mol. The normalized spacial score (nSPS) is 11.7. The first-order valence-corrected chi connectivity index (χ1v) is 5.82. The van der Waals surface area contributed by atoms with Gasteiger partial charge in [0, 0.05) is 6.54 Å². The molecule has 0 radical (unpaired) electrons. The van der Waals surface area contributed by atoms with Crippen LogP contribution in [0, 0.1) is 12.7 Å². The van der Waals surface area contributed by atoms with Gasteiger partial charge in [-0.1, -0.05) is 0 Å². The molecule has 1 rings (SSSR count). The lowest BCUT2D eigenvalue weighted by atomic mass is 10.2. The Morgan fingerprint density at radius 1 is 1.47 bits per heavy atom. The lowest BCUT2D eigenvalue weighted by Crippen LogP contribution is -2.26. The first kappa shape index (κ1) is 12.1. The molecule has 0 saturated carbocycles. The Labute approximate surface area is 87.8 Å². The highest BCUT2D eigenvalue weighted by molar-refractivity contribution is 7.89. The van der Waals surface area contributed by atoms with E-state index in [0.717, 1.165) is 6.07 Å². The molecule has 0 amide bonds. The van der Waals surface area contributed by atoms with Crippen molar-refractivity contribution < 1.29 is 17.9 Å².